The Morgan fingerprint density at radius 3 is 2.13 bits per heavy atom. The number of nitrogens with zero attached hydrogens (tertiary/aromatic N) is 3. The molecule has 1 unspecified atom stereocenters. The van der Waals surface area contributed by atoms with Crippen LogP contribution in [0.2, 0.25) is 5.04 Å². The van der Waals surface area contributed by atoms with Gasteiger partial charge in [0.25, 0.3) is 8.32 Å². The predicted octanol–water partition coefficient (Wildman–Crippen LogP) is 6.82. The number of carbonyl (C=O) groups is 1. The highest BCUT2D eigenvalue weighted by Gasteiger charge is 2.56. The van der Waals surface area contributed by atoms with Crippen LogP contribution in [0.5, 0.6) is 0 Å². The van der Waals surface area contributed by atoms with Gasteiger partial charge >= 0.3 is 0 Å². The van der Waals surface area contributed by atoms with Crippen LogP contribution in [0.25, 0.3) is 20.8 Å². The van der Waals surface area contributed by atoms with E-state index in [4.69, 9.17) is 19.1 Å². The van der Waals surface area contributed by atoms with Gasteiger partial charge in [-0.2, -0.15) is 0 Å². The normalized spacial score (nSPS) is 20.2. The number of methoxy groups -OCH3 is 1. The third-order valence-electron chi connectivity index (χ3n) is 8.94. The highest BCUT2D eigenvalue weighted by Crippen LogP contribution is 2.43. The molecule has 1 saturated carbocycles. The first-order chi connectivity index (χ1) is 22.2. The highest BCUT2D eigenvalue weighted by molar-refractivity contribution is 7.98. The maximum absolute atomic E-state index is 13.4. The lowest BCUT2D eigenvalue weighted by Gasteiger charge is -2.46. The smallest absolute Gasteiger partial charge is 0.261 e. The number of ether oxygens (including phenoxy) is 1. The van der Waals surface area contributed by atoms with Crippen molar-refractivity contribution in [3.8, 4) is 10.6 Å². The van der Waals surface area contributed by atoms with Crippen LogP contribution in [0, 0.1) is 5.92 Å². The summed E-state index contributed by atoms with van der Waals surface area (Å²) in [6, 6.07) is 28.9. The molecule has 46 heavy (non-hydrogen) atoms. The topological polar surface area (TPSA) is 86.2 Å². The van der Waals surface area contributed by atoms with E-state index >= 15 is 0 Å². The fourth-order valence-electron chi connectivity index (χ4n) is 6.77. The first-order valence-electron chi connectivity index (χ1n) is 15.5. The van der Waals surface area contributed by atoms with Crippen LogP contribution < -0.4 is 15.7 Å². The van der Waals surface area contributed by atoms with Crippen LogP contribution in [0.15, 0.2) is 96.3 Å². The fraction of sp³-hybridized carbons (Fsp3) is 0.333. The maximum atomic E-state index is 13.4. The average Bonchev–Trinajstić information content (AvgIpc) is 3.65. The number of carbonyl (C=O) groups excluding carboxylic acids is 1. The zero-order valence-electron chi connectivity index (χ0n) is 27.1. The van der Waals surface area contributed by atoms with Crippen LogP contribution in [0.1, 0.15) is 34.1 Å². The van der Waals surface area contributed by atoms with E-state index in [1.54, 1.807) is 25.4 Å². The minimum Gasteiger partial charge on any atom is -0.401 e. The number of nitrogens with one attached hydrogen (secondary N) is 1. The summed E-state index contributed by atoms with van der Waals surface area (Å²) in [6.07, 6.45) is 3.47. The van der Waals surface area contributed by atoms with Crippen molar-refractivity contribution in [2.75, 3.05) is 18.7 Å². The van der Waals surface area contributed by atoms with E-state index in [2.05, 4.69) is 85.7 Å². The van der Waals surface area contributed by atoms with E-state index in [0.717, 1.165) is 20.8 Å². The molecular formula is C36H40N4O3S2Si. The minimum atomic E-state index is -2.98. The van der Waals surface area contributed by atoms with Gasteiger partial charge in [0.15, 0.2) is 5.16 Å². The Balaban J connectivity index is 1.43. The number of thiazole rings is 1. The molecule has 1 fully saturated rings. The predicted molar refractivity (Wildman–Crippen MR) is 192 cm³/mol. The molecule has 1 aliphatic carbocycles. The Morgan fingerprint density at radius 2 is 1.57 bits per heavy atom. The number of hydrogen-bond donors (Lipinski definition) is 1. The third-order valence-corrected chi connectivity index (χ3v) is 15.6. The van der Waals surface area contributed by atoms with Gasteiger partial charge in [-0.05, 0) is 47.1 Å². The molecule has 4 atom stereocenters. The largest absolute Gasteiger partial charge is 0.401 e. The van der Waals surface area contributed by atoms with E-state index in [1.807, 2.05) is 42.8 Å². The Labute approximate surface area is 280 Å². The molecule has 238 valence electrons. The second-order valence-corrected chi connectivity index (χ2v) is 18.8. The van der Waals surface area contributed by atoms with Gasteiger partial charge < -0.3 is 14.5 Å². The van der Waals surface area contributed by atoms with Crippen molar-refractivity contribution in [2.24, 2.45) is 5.92 Å². The SMILES string of the molecule is CO[C@@H]1C(O[Si](c2ccccc2)(c2ccccc2)C(C)(C)C)[C@@H](C(C)=O)C[C@H]1Nc1nc(SC)ncc1-c1nc2ccccc2s1. The average molecular weight is 669 g/mol. The summed E-state index contributed by atoms with van der Waals surface area (Å²) in [5.41, 5.74) is 1.76. The zero-order chi connectivity index (χ0) is 32.5. The molecular weight excluding hydrogens is 629 g/mol. The lowest BCUT2D eigenvalue weighted by molar-refractivity contribution is -0.124. The van der Waals surface area contributed by atoms with Crippen LogP contribution in [0.4, 0.5) is 5.82 Å². The molecule has 2 aromatic heterocycles. The summed E-state index contributed by atoms with van der Waals surface area (Å²) in [4.78, 5) is 27.8. The number of hydrogen-bond acceptors (Lipinski definition) is 9. The van der Waals surface area contributed by atoms with Gasteiger partial charge in [-0.1, -0.05) is 105 Å². The van der Waals surface area contributed by atoms with Crippen LogP contribution >= 0.6 is 23.1 Å². The first-order valence-corrected chi connectivity index (χ1v) is 19.5. The van der Waals surface area contributed by atoms with Gasteiger partial charge in [-0.25, -0.2) is 15.0 Å². The zero-order valence-corrected chi connectivity index (χ0v) is 29.7. The second-order valence-electron chi connectivity index (χ2n) is 12.8. The summed E-state index contributed by atoms with van der Waals surface area (Å²) < 4.78 is 15.0. The van der Waals surface area contributed by atoms with E-state index in [-0.39, 0.29) is 22.8 Å². The molecule has 2 heterocycles. The van der Waals surface area contributed by atoms with Crippen LogP contribution in [0.3, 0.4) is 0 Å². The second kappa shape index (κ2) is 13.4. The van der Waals surface area contributed by atoms with Crippen molar-refractivity contribution in [2.45, 2.75) is 62.6 Å². The first kappa shape index (κ1) is 32.5. The number of para-hydroxylation sites is 1. The number of benzene rings is 3. The molecule has 0 amide bonds. The molecule has 10 heteroatoms. The Hall–Kier alpha value is -3.41. The number of rotatable bonds is 10. The highest BCUT2D eigenvalue weighted by atomic mass is 32.2. The molecule has 0 bridgehead atoms. The number of ketones is 1. The molecule has 0 radical (unpaired) electrons. The van der Waals surface area contributed by atoms with Crippen molar-refractivity contribution in [1.29, 1.82) is 0 Å². The van der Waals surface area contributed by atoms with Crippen molar-refractivity contribution < 1.29 is 14.0 Å². The molecule has 0 spiro atoms. The Bertz CT molecular complexity index is 1740. The molecule has 1 aliphatic rings. The summed E-state index contributed by atoms with van der Waals surface area (Å²) >= 11 is 3.10. The van der Waals surface area contributed by atoms with Crippen molar-refractivity contribution >= 4 is 63.6 Å². The maximum Gasteiger partial charge on any atom is 0.261 e. The number of anilines is 1. The molecule has 1 N–H and O–H groups in total. The third kappa shape index (κ3) is 6.04. The molecule has 0 aliphatic heterocycles. The monoisotopic (exact) mass is 668 g/mol. The Morgan fingerprint density at radius 1 is 0.935 bits per heavy atom. The fourth-order valence-corrected chi connectivity index (χ4v) is 12.8. The van der Waals surface area contributed by atoms with Crippen molar-refractivity contribution in [3.05, 3.63) is 91.1 Å². The lowest BCUT2D eigenvalue weighted by Crippen LogP contribution is -2.69. The number of thioether (sulfide) groups is 1. The quantitative estimate of drug-likeness (QED) is 0.0986. The lowest BCUT2D eigenvalue weighted by atomic mass is 10.0. The number of fused-ring (bicyclic) bond motifs is 1. The van der Waals surface area contributed by atoms with Crippen LogP contribution in [-0.2, 0) is 14.0 Å². The van der Waals surface area contributed by atoms with Gasteiger partial charge in [-0.3, -0.25) is 4.79 Å². The van der Waals surface area contributed by atoms with Gasteiger partial charge in [-0.15, -0.1) is 11.3 Å². The molecule has 3 aromatic carbocycles. The Kier molecular flexibility index (Phi) is 9.45. The molecule has 6 rings (SSSR count). The van der Waals surface area contributed by atoms with Crippen molar-refractivity contribution in [3.63, 3.8) is 0 Å². The summed E-state index contributed by atoms with van der Waals surface area (Å²) in [5.74, 6) is 0.406. The van der Waals surface area contributed by atoms with E-state index < -0.39 is 20.5 Å². The van der Waals surface area contributed by atoms with Gasteiger partial charge in [0, 0.05) is 19.2 Å². The summed E-state index contributed by atoms with van der Waals surface area (Å²) in [7, 11) is -1.26. The summed E-state index contributed by atoms with van der Waals surface area (Å²) in [5, 5.41) is 7.29. The van der Waals surface area contributed by atoms with E-state index in [1.165, 1.54) is 22.1 Å². The van der Waals surface area contributed by atoms with Gasteiger partial charge in [0.1, 0.15) is 22.7 Å². The molecule has 0 saturated heterocycles. The standard InChI is InChI=1S/C36H40N4O3S2Si/c1-23(41)26-21-29(38-33-27(22-37-35(40-33)44-6)34-39-28-19-13-14-20-30(28)45-34)32(42-5)31(26)43-46(36(2,3)4,24-15-9-7-10-16-24)25-17-11-8-12-18-25/h7-20,22,26,29,31-32H,21H2,1-6H3,(H,37,38,40)/t26-,29-,31?,32+/m1/s1. The van der Waals surface area contributed by atoms with E-state index in [9.17, 15) is 4.79 Å². The van der Waals surface area contributed by atoms with Crippen molar-refractivity contribution in [1.82, 2.24) is 15.0 Å². The molecule has 7 nitrogen and oxygen atoms in total. The number of Topliss-reactive ketones (excluding diaryl/α,β-unsaturated/α-hetero) is 1. The minimum absolute atomic E-state index is 0.0909. The van der Waals surface area contributed by atoms with Gasteiger partial charge in [0.05, 0.1) is 27.9 Å². The summed E-state index contributed by atoms with van der Waals surface area (Å²) in [6.45, 7) is 8.43. The van der Waals surface area contributed by atoms with E-state index in [0.29, 0.717) is 17.4 Å². The van der Waals surface area contributed by atoms with Gasteiger partial charge in [0.2, 0.25) is 0 Å². The van der Waals surface area contributed by atoms with Crippen LogP contribution in [-0.4, -0.2) is 60.7 Å². The molecule has 5 aromatic rings. The number of aromatic nitrogens is 3.